The summed E-state index contributed by atoms with van der Waals surface area (Å²) in [6.07, 6.45) is 0. The number of hydrogen-bond donors (Lipinski definition) is 2. The smallest absolute Gasteiger partial charge is 0.241 e. The lowest BCUT2D eigenvalue weighted by Gasteiger charge is -2.21. The molecule has 1 atom stereocenters. The molecule has 1 aliphatic rings. The van der Waals surface area contributed by atoms with Gasteiger partial charge >= 0.3 is 0 Å². The average molecular weight is 321 g/mol. The van der Waals surface area contributed by atoms with Crippen LogP contribution in [-0.4, -0.2) is 25.2 Å². The molecule has 0 saturated heterocycles. The number of carbonyl (C=O) groups is 1. The highest BCUT2D eigenvalue weighted by Crippen LogP contribution is 2.37. The van der Waals surface area contributed by atoms with Crippen molar-refractivity contribution in [3.8, 4) is 11.5 Å². The number of fused-ring (bicyclic) bond motifs is 1. The van der Waals surface area contributed by atoms with Gasteiger partial charge in [0.1, 0.15) is 13.2 Å². The molecule has 2 rings (SSSR count). The molecule has 0 bridgehead atoms. The van der Waals surface area contributed by atoms with Crippen LogP contribution in [0.15, 0.2) is 12.1 Å². The van der Waals surface area contributed by atoms with Crippen LogP contribution in [0, 0.1) is 5.92 Å². The van der Waals surface area contributed by atoms with E-state index in [4.69, 9.17) is 26.8 Å². The van der Waals surface area contributed by atoms with E-state index in [-0.39, 0.29) is 24.2 Å². The SMILES string of the molecule is CC(C)C(N)C(=O)Nc1cc2c(cc1Cl)OCCO2.Cl. The Morgan fingerprint density at radius 2 is 1.85 bits per heavy atom. The van der Waals surface area contributed by atoms with E-state index in [2.05, 4.69) is 5.32 Å². The Morgan fingerprint density at radius 1 is 1.30 bits per heavy atom. The van der Waals surface area contributed by atoms with Gasteiger partial charge in [0.2, 0.25) is 5.91 Å². The standard InChI is InChI=1S/C13H17ClN2O3.ClH/c1-7(2)12(15)13(17)16-9-6-11-10(5-8(9)14)18-3-4-19-11;/h5-7,12H,3-4,15H2,1-2H3,(H,16,17);1H. The monoisotopic (exact) mass is 320 g/mol. The van der Waals surface area contributed by atoms with Gasteiger partial charge in [-0.3, -0.25) is 4.79 Å². The zero-order valence-corrected chi connectivity index (χ0v) is 12.9. The van der Waals surface area contributed by atoms with Crippen LogP contribution in [0.25, 0.3) is 0 Å². The van der Waals surface area contributed by atoms with Gasteiger partial charge in [-0.15, -0.1) is 12.4 Å². The summed E-state index contributed by atoms with van der Waals surface area (Å²) in [7, 11) is 0. The lowest BCUT2D eigenvalue weighted by molar-refractivity contribution is -0.118. The van der Waals surface area contributed by atoms with Crippen LogP contribution in [0.3, 0.4) is 0 Å². The summed E-state index contributed by atoms with van der Waals surface area (Å²) in [5.74, 6) is 0.941. The second kappa shape index (κ2) is 7.02. The number of carbonyl (C=O) groups excluding carboxylic acids is 1. The molecule has 0 saturated carbocycles. The number of hydrogen-bond acceptors (Lipinski definition) is 4. The van der Waals surface area contributed by atoms with E-state index in [1.54, 1.807) is 12.1 Å². The molecule has 1 aromatic rings. The van der Waals surface area contributed by atoms with Crippen molar-refractivity contribution < 1.29 is 14.3 Å². The van der Waals surface area contributed by atoms with Crippen molar-refractivity contribution in [3.63, 3.8) is 0 Å². The van der Waals surface area contributed by atoms with Crippen molar-refractivity contribution in [3.05, 3.63) is 17.2 Å². The van der Waals surface area contributed by atoms with E-state index in [1.807, 2.05) is 13.8 Å². The number of benzene rings is 1. The Hall–Kier alpha value is -1.17. The minimum absolute atomic E-state index is 0. The number of ether oxygens (including phenoxy) is 2. The predicted octanol–water partition coefficient (Wildman–Crippen LogP) is 2.45. The first-order valence-electron chi connectivity index (χ1n) is 6.14. The fourth-order valence-electron chi connectivity index (χ4n) is 1.68. The predicted molar refractivity (Wildman–Crippen MR) is 81.1 cm³/mol. The number of halogens is 2. The van der Waals surface area contributed by atoms with Crippen molar-refractivity contribution >= 4 is 35.6 Å². The molecule has 1 aromatic carbocycles. The van der Waals surface area contributed by atoms with Crippen molar-refractivity contribution in [1.82, 2.24) is 0 Å². The minimum Gasteiger partial charge on any atom is -0.486 e. The fraction of sp³-hybridized carbons (Fsp3) is 0.462. The van der Waals surface area contributed by atoms with Gasteiger partial charge in [-0.2, -0.15) is 0 Å². The van der Waals surface area contributed by atoms with Crippen LogP contribution < -0.4 is 20.5 Å². The fourth-order valence-corrected chi connectivity index (χ4v) is 1.88. The number of nitrogens with two attached hydrogens (primary N) is 1. The first kappa shape index (κ1) is 16.9. The third-order valence-electron chi connectivity index (χ3n) is 2.91. The summed E-state index contributed by atoms with van der Waals surface area (Å²) < 4.78 is 10.8. The first-order valence-corrected chi connectivity index (χ1v) is 6.52. The Morgan fingerprint density at radius 3 is 2.40 bits per heavy atom. The highest BCUT2D eigenvalue weighted by Gasteiger charge is 2.20. The molecule has 0 aliphatic carbocycles. The molecule has 0 aromatic heterocycles. The van der Waals surface area contributed by atoms with Crippen molar-refractivity contribution in [2.24, 2.45) is 11.7 Å². The maximum absolute atomic E-state index is 11.9. The average Bonchev–Trinajstić information content (AvgIpc) is 2.38. The highest BCUT2D eigenvalue weighted by atomic mass is 35.5. The minimum atomic E-state index is -0.579. The topological polar surface area (TPSA) is 73.6 Å². The molecule has 20 heavy (non-hydrogen) atoms. The summed E-state index contributed by atoms with van der Waals surface area (Å²) >= 11 is 6.10. The molecule has 1 heterocycles. The molecule has 3 N–H and O–H groups in total. The Bertz CT molecular complexity index is 495. The molecular formula is C13H18Cl2N2O3. The van der Waals surface area contributed by atoms with E-state index >= 15 is 0 Å². The van der Waals surface area contributed by atoms with E-state index in [1.165, 1.54) is 0 Å². The van der Waals surface area contributed by atoms with E-state index in [9.17, 15) is 4.79 Å². The lowest BCUT2D eigenvalue weighted by atomic mass is 10.0. The number of amides is 1. The quantitative estimate of drug-likeness (QED) is 0.897. The van der Waals surface area contributed by atoms with Crippen LogP contribution in [-0.2, 0) is 4.79 Å². The summed E-state index contributed by atoms with van der Waals surface area (Å²) in [5.41, 5.74) is 6.26. The Kier molecular flexibility index (Phi) is 5.92. The van der Waals surface area contributed by atoms with E-state index in [0.29, 0.717) is 35.4 Å². The Balaban J connectivity index is 0.00000200. The normalized spacial score (nSPS) is 14.4. The third kappa shape index (κ3) is 3.69. The van der Waals surface area contributed by atoms with Gasteiger partial charge in [0.05, 0.1) is 16.8 Å². The largest absolute Gasteiger partial charge is 0.486 e. The van der Waals surface area contributed by atoms with Crippen LogP contribution in [0.2, 0.25) is 5.02 Å². The molecule has 5 nitrogen and oxygen atoms in total. The van der Waals surface area contributed by atoms with Gasteiger partial charge in [-0.05, 0) is 5.92 Å². The van der Waals surface area contributed by atoms with E-state index in [0.717, 1.165) is 0 Å². The van der Waals surface area contributed by atoms with Crippen molar-refractivity contribution in [1.29, 1.82) is 0 Å². The van der Waals surface area contributed by atoms with Gasteiger partial charge in [-0.1, -0.05) is 25.4 Å². The van der Waals surface area contributed by atoms with Crippen molar-refractivity contribution in [2.75, 3.05) is 18.5 Å². The lowest BCUT2D eigenvalue weighted by Crippen LogP contribution is -2.39. The second-order valence-electron chi connectivity index (χ2n) is 4.73. The number of rotatable bonds is 3. The van der Waals surface area contributed by atoms with Crippen molar-refractivity contribution in [2.45, 2.75) is 19.9 Å². The van der Waals surface area contributed by atoms with Crippen LogP contribution in [0.5, 0.6) is 11.5 Å². The number of anilines is 1. The second-order valence-corrected chi connectivity index (χ2v) is 5.14. The third-order valence-corrected chi connectivity index (χ3v) is 3.22. The molecule has 112 valence electrons. The molecule has 7 heteroatoms. The van der Waals surface area contributed by atoms with Gasteiger partial charge in [-0.25, -0.2) is 0 Å². The molecule has 1 amide bonds. The summed E-state index contributed by atoms with van der Waals surface area (Å²) in [6, 6.07) is 2.71. The van der Waals surface area contributed by atoms with Crippen LogP contribution in [0.4, 0.5) is 5.69 Å². The zero-order valence-electron chi connectivity index (χ0n) is 11.3. The first-order chi connectivity index (χ1) is 8.99. The molecular weight excluding hydrogens is 303 g/mol. The van der Waals surface area contributed by atoms with Crippen LogP contribution >= 0.6 is 24.0 Å². The molecule has 1 unspecified atom stereocenters. The van der Waals surface area contributed by atoms with Gasteiger partial charge in [0.25, 0.3) is 0 Å². The van der Waals surface area contributed by atoms with E-state index < -0.39 is 6.04 Å². The summed E-state index contributed by atoms with van der Waals surface area (Å²) in [5, 5.41) is 3.11. The maximum Gasteiger partial charge on any atom is 0.241 e. The highest BCUT2D eigenvalue weighted by molar-refractivity contribution is 6.34. The summed E-state index contributed by atoms with van der Waals surface area (Å²) in [4.78, 5) is 11.9. The van der Waals surface area contributed by atoms with Crippen LogP contribution in [0.1, 0.15) is 13.8 Å². The summed E-state index contributed by atoms with van der Waals surface area (Å²) in [6.45, 7) is 4.74. The number of nitrogens with one attached hydrogen (secondary N) is 1. The molecule has 0 spiro atoms. The van der Waals surface area contributed by atoms with Gasteiger partial charge in [0, 0.05) is 12.1 Å². The zero-order chi connectivity index (χ0) is 14.0. The maximum atomic E-state index is 11.9. The Labute approximate surface area is 129 Å². The molecule has 0 radical (unpaired) electrons. The van der Waals surface area contributed by atoms with Gasteiger partial charge in [0.15, 0.2) is 11.5 Å². The van der Waals surface area contributed by atoms with Gasteiger partial charge < -0.3 is 20.5 Å². The molecule has 0 fully saturated rings. The molecule has 1 aliphatic heterocycles.